The highest BCUT2D eigenvalue weighted by atomic mass is 35.5. The van der Waals surface area contributed by atoms with Gasteiger partial charge in [0.2, 0.25) is 0 Å². The molecule has 0 amide bonds. The van der Waals surface area contributed by atoms with E-state index < -0.39 is 15.8 Å². The van der Waals surface area contributed by atoms with Crippen LogP contribution >= 0.6 is 11.6 Å². The predicted molar refractivity (Wildman–Crippen MR) is 77.8 cm³/mol. The Morgan fingerprint density at radius 2 is 1.90 bits per heavy atom. The van der Waals surface area contributed by atoms with Crippen LogP contribution in [0.5, 0.6) is 0 Å². The molecule has 0 saturated heterocycles. The first kappa shape index (κ1) is 14.6. The van der Waals surface area contributed by atoms with Crippen molar-refractivity contribution in [2.75, 3.05) is 10.5 Å². The molecule has 0 bridgehead atoms. The molecule has 7 heteroatoms. The van der Waals surface area contributed by atoms with Crippen LogP contribution in [-0.4, -0.2) is 8.42 Å². The number of nitrogens with two attached hydrogens (primary N) is 1. The van der Waals surface area contributed by atoms with E-state index in [1.807, 2.05) is 0 Å². The monoisotopic (exact) mass is 314 g/mol. The Kier molecular flexibility index (Phi) is 3.87. The normalized spacial score (nSPS) is 11.3. The highest BCUT2D eigenvalue weighted by Crippen LogP contribution is 2.24. The first-order chi connectivity index (χ1) is 9.29. The summed E-state index contributed by atoms with van der Waals surface area (Å²) in [4.78, 5) is -0.0126. The zero-order valence-corrected chi connectivity index (χ0v) is 12.1. The lowest BCUT2D eigenvalue weighted by Gasteiger charge is -2.10. The molecule has 2 aromatic carbocycles. The van der Waals surface area contributed by atoms with E-state index in [0.29, 0.717) is 5.56 Å². The highest BCUT2D eigenvalue weighted by Gasteiger charge is 2.15. The molecule has 0 spiro atoms. The van der Waals surface area contributed by atoms with Gasteiger partial charge in [0.15, 0.2) is 0 Å². The molecule has 2 aromatic rings. The van der Waals surface area contributed by atoms with Gasteiger partial charge < -0.3 is 5.73 Å². The molecule has 2 rings (SSSR count). The van der Waals surface area contributed by atoms with E-state index in [0.717, 1.165) is 0 Å². The molecule has 20 heavy (non-hydrogen) atoms. The molecular formula is C13H12ClFN2O2S. The van der Waals surface area contributed by atoms with Gasteiger partial charge in [0, 0.05) is 5.69 Å². The molecule has 0 aliphatic heterocycles. The van der Waals surface area contributed by atoms with Crippen molar-refractivity contribution in [1.82, 2.24) is 0 Å². The second-order valence-electron chi connectivity index (χ2n) is 4.25. The third-order valence-electron chi connectivity index (χ3n) is 2.69. The Hall–Kier alpha value is -1.79. The summed E-state index contributed by atoms with van der Waals surface area (Å²) in [5, 5.41) is 0.279. The summed E-state index contributed by atoms with van der Waals surface area (Å²) in [5.41, 5.74) is 6.38. The van der Waals surface area contributed by atoms with Crippen molar-refractivity contribution in [3.63, 3.8) is 0 Å². The van der Waals surface area contributed by atoms with Gasteiger partial charge in [0.25, 0.3) is 10.0 Å². The summed E-state index contributed by atoms with van der Waals surface area (Å²) in [7, 11) is -3.79. The Labute approximate surface area is 121 Å². The van der Waals surface area contributed by atoms with Crippen LogP contribution in [0.1, 0.15) is 5.56 Å². The molecule has 0 fully saturated rings. The summed E-state index contributed by atoms with van der Waals surface area (Å²) in [6, 6.07) is 7.97. The Balaban J connectivity index is 2.35. The van der Waals surface area contributed by atoms with Gasteiger partial charge in [-0.1, -0.05) is 11.6 Å². The summed E-state index contributed by atoms with van der Waals surface area (Å²) in [6.45, 7) is 1.55. The average Bonchev–Trinajstić information content (AvgIpc) is 2.37. The lowest BCUT2D eigenvalue weighted by molar-refractivity contribution is 0.601. The summed E-state index contributed by atoms with van der Waals surface area (Å²) < 4.78 is 39.8. The van der Waals surface area contributed by atoms with Crippen molar-refractivity contribution in [1.29, 1.82) is 0 Å². The average molecular weight is 315 g/mol. The van der Waals surface area contributed by atoms with Gasteiger partial charge >= 0.3 is 0 Å². The number of aryl methyl sites for hydroxylation is 1. The van der Waals surface area contributed by atoms with Crippen molar-refractivity contribution in [3.8, 4) is 0 Å². The topological polar surface area (TPSA) is 72.2 Å². The second-order valence-corrected chi connectivity index (χ2v) is 6.34. The maximum Gasteiger partial charge on any atom is 0.261 e. The third-order valence-corrected chi connectivity index (χ3v) is 4.41. The van der Waals surface area contributed by atoms with Crippen molar-refractivity contribution in [2.45, 2.75) is 11.8 Å². The standard InChI is InChI=1S/C13H12ClFN2O2S/c1-8-6-9(2-5-12(8)15)17-20(18,19)10-3-4-11(14)13(16)7-10/h2-7,17H,16H2,1H3. The van der Waals surface area contributed by atoms with E-state index in [9.17, 15) is 12.8 Å². The fraction of sp³-hybridized carbons (Fsp3) is 0.0769. The van der Waals surface area contributed by atoms with E-state index >= 15 is 0 Å². The molecule has 0 aliphatic carbocycles. The molecule has 3 N–H and O–H groups in total. The number of hydrogen-bond donors (Lipinski definition) is 2. The lowest BCUT2D eigenvalue weighted by Crippen LogP contribution is -2.13. The number of halogens is 2. The number of nitrogen functional groups attached to an aromatic ring is 1. The van der Waals surface area contributed by atoms with Crippen LogP contribution in [0.15, 0.2) is 41.3 Å². The number of benzene rings is 2. The Bertz CT molecular complexity index is 763. The SMILES string of the molecule is Cc1cc(NS(=O)(=O)c2ccc(Cl)c(N)c2)ccc1F. The molecule has 0 radical (unpaired) electrons. The molecule has 0 saturated carbocycles. The molecule has 0 atom stereocenters. The molecule has 4 nitrogen and oxygen atoms in total. The zero-order valence-electron chi connectivity index (χ0n) is 10.5. The minimum atomic E-state index is -3.79. The van der Waals surface area contributed by atoms with Gasteiger partial charge in [0.1, 0.15) is 5.82 Å². The summed E-state index contributed by atoms with van der Waals surface area (Å²) in [6.07, 6.45) is 0. The van der Waals surface area contributed by atoms with Gasteiger partial charge in [-0.15, -0.1) is 0 Å². The molecule has 0 unspecified atom stereocenters. The van der Waals surface area contributed by atoms with Crippen LogP contribution in [0.2, 0.25) is 5.02 Å². The fourth-order valence-corrected chi connectivity index (χ4v) is 2.81. The Morgan fingerprint density at radius 3 is 2.50 bits per heavy atom. The highest BCUT2D eigenvalue weighted by molar-refractivity contribution is 7.92. The first-order valence-corrected chi connectivity index (χ1v) is 7.50. The lowest BCUT2D eigenvalue weighted by atomic mass is 10.2. The van der Waals surface area contributed by atoms with Crippen LogP contribution in [0.3, 0.4) is 0 Å². The molecule has 106 valence electrons. The molecule has 0 aromatic heterocycles. The minimum Gasteiger partial charge on any atom is -0.397 e. The number of nitrogens with one attached hydrogen (secondary N) is 1. The largest absolute Gasteiger partial charge is 0.397 e. The Morgan fingerprint density at radius 1 is 1.20 bits per heavy atom. The minimum absolute atomic E-state index is 0.0126. The van der Waals surface area contributed by atoms with Gasteiger partial charge in [-0.3, -0.25) is 4.72 Å². The van der Waals surface area contributed by atoms with Crippen molar-refractivity contribution >= 4 is 33.0 Å². The number of rotatable bonds is 3. The van der Waals surface area contributed by atoms with Crippen LogP contribution < -0.4 is 10.5 Å². The number of sulfonamides is 1. The van der Waals surface area contributed by atoms with Crippen LogP contribution in [-0.2, 0) is 10.0 Å². The van der Waals surface area contributed by atoms with Crippen LogP contribution in [0, 0.1) is 12.7 Å². The molecule has 0 heterocycles. The van der Waals surface area contributed by atoms with E-state index in [2.05, 4.69) is 4.72 Å². The van der Waals surface area contributed by atoms with Crippen molar-refractivity contribution in [2.24, 2.45) is 0 Å². The third kappa shape index (κ3) is 3.02. The second kappa shape index (κ2) is 5.30. The fourth-order valence-electron chi connectivity index (χ4n) is 1.61. The van der Waals surface area contributed by atoms with E-state index in [1.54, 1.807) is 6.92 Å². The van der Waals surface area contributed by atoms with Gasteiger partial charge in [-0.2, -0.15) is 0 Å². The first-order valence-electron chi connectivity index (χ1n) is 5.63. The molecular weight excluding hydrogens is 303 g/mol. The van der Waals surface area contributed by atoms with Gasteiger partial charge in [-0.25, -0.2) is 12.8 Å². The van der Waals surface area contributed by atoms with Gasteiger partial charge in [0.05, 0.1) is 15.6 Å². The summed E-state index contributed by atoms with van der Waals surface area (Å²) in [5.74, 6) is -0.399. The van der Waals surface area contributed by atoms with E-state index in [1.165, 1.54) is 36.4 Å². The van der Waals surface area contributed by atoms with E-state index in [4.69, 9.17) is 17.3 Å². The van der Waals surface area contributed by atoms with E-state index in [-0.39, 0.29) is 21.3 Å². The van der Waals surface area contributed by atoms with Crippen molar-refractivity contribution < 1.29 is 12.8 Å². The maximum absolute atomic E-state index is 13.1. The van der Waals surface area contributed by atoms with Crippen LogP contribution in [0.25, 0.3) is 0 Å². The quantitative estimate of drug-likeness (QED) is 0.855. The summed E-state index contributed by atoms with van der Waals surface area (Å²) >= 11 is 5.75. The van der Waals surface area contributed by atoms with Crippen molar-refractivity contribution in [3.05, 3.63) is 52.8 Å². The molecule has 0 aliphatic rings. The van der Waals surface area contributed by atoms with Gasteiger partial charge in [-0.05, 0) is 48.9 Å². The smallest absolute Gasteiger partial charge is 0.261 e. The maximum atomic E-state index is 13.1. The zero-order chi connectivity index (χ0) is 14.9. The van der Waals surface area contributed by atoms with Crippen LogP contribution in [0.4, 0.5) is 15.8 Å². The number of hydrogen-bond acceptors (Lipinski definition) is 3. The predicted octanol–water partition coefficient (Wildman–Crippen LogP) is 3.17. The number of anilines is 2.